The molecular weight excluding hydrogens is 288 g/mol. The summed E-state index contributed by atoms with van der Waals surface area (Å²) in [4.78, 5) is 2.51. The Hall–Kier alpha value is -0.540. The molecule has 1 aromatic rings. The number of benzene rings is 1. The summed E-state index contributed by atoms with van der Waals surface area (Å²) in [7, 11) is 0. The van der Waals surface area contributed by atoms with E-state index in [9.17, 15) is 0 Å². The molecule has 2 rings (SSSR count). The minimum atomic E-state index is 0.709. The van der Waals surface area contributed by atoms with Gasteiger partial charge in [0.2, 0.25) is 0 Å². The van der Waals surface area contributed by atoms with E-state index in [0.29, 0.717) is 6.54 Å². The van der Waals surface area contributed by atoms with Gasteiger partial charge in [-0.1, -0.05) is 35.3 Å². The standard InChI is InChI=1S/C15H23BrN2/c1-2-3-12-7-9-18(11-12)14-5-4-13(6-8-17)15(16)10-14/h4-5,10,12H,2-3,6-9,11,17H2,1H3. The van der Waals surface area contributed by atoms with Gasteiger partial charge in [-0.15, -0.1) is 0 Å². The Balaban J connectivity index is 2.04. The van der Waals surface area contributed by atoms with E-state index in [-0.39, 0.29) is 0 Å². The molecule has 3 heteroatoms. The maximum atomic E-state index is 5.61. The Bertz CT molecular complexity index is 392. The lowest BCUT2D eigenvalue weighted by Gasteiger charge is -2.20. The molecule has 1 heterocycles. The zero-order valence-corrected chi connectivity index (χ0v) is 12.7. The van der Waals surface area contributed by atoms with Crippen LogP contribution in [0.15, 0.2) is 22.7 Å². The lowest BCUT2D eigenvalue weighted by Crippen LogP contribution is -2.19. The van der Waals surface area contributed by atoms with E-state index >= 15 is 0 Å². The number of halogens is 1. The van der Waals surface area contributed by atoms with Gasteiger partial charge in [-0.2, -0.15) is 0 Å². The normalized spacial score (nSPS) is 19.5. The van der Waals surface area contributed by atoms with E-state index in [0.717, 1.165) is 12.3 Å². The Morgan fingerprint density at radius 3 is 2.94 bits per heavy atom. The minimum absolute atomic E-state index is 0.709. The number of hydrogen-bond donors (Lipinski definition) is 1. The zero-order chi connectivity index (χ0) is 13.0. The van der Waals surface area contributed by atoms with Crippen molar-refractivity contribution in [3.05, 3.63) is 28.2 Å². The SMILES string of the molecule is CCCC1CCN(c2ccc(CCN)c(Br)c2)C1. The Morgan fingerprint density at radius 2 is 2.28 bits per heavy atom. The molecule has 0 bridgehead atoms. The van der Waals surface area contributed by atoms with Crippen molar-refractivity contribution >= 4 is 21.6 Å². The summed E-state index contributed by atoms with van der Waals surface area (Å²) in [5.41, 5.74) is 8.27. The maximum Gasteiger partial charge on any atom is 0.0377 e. The van der Waals surface area contributed by atoms with Crippen LogP contribution in [-0.4, -0.2) is 19.6 Å². The molecule has 1 unspecified atom stereocenters. The molecule has 0 radical (unpaired) electrons. The van der Waals surface area contributed by atoms with Crippen LogP contribution in [0.1, 0.15) is 31.7 Å². The molecule has 0 saturated carbocycles. The molecule has 2 nitrogen and oxygen atoms in total. The third kappa shape index (κ3) is 3.27. The summed E-state index contributed by atoms with van der Waals surface area (Å²) in [6.45, 7) is 5.41. The molecule has 0 spiro atoms. The second-order valence-corrected chi connectivity index (χ2v) is 6.06. The lowest BCUT2D eigenvalue weighted by atomic mass is 10.0. The van der Waals surface area contributed by atoms with Crippen LogP contribution in [0, 0.1) is 5.92 Å². The first kappa shape index (κ1) is 13.9. The average Bonchev–Trinajstić information content (AvgIpc) is 2.81. The van der Waals surface area contributed by atoms with E-state index in [1.165, 1.54) is 48.1 Å². The maximum absolute atomic E-state index is 5.61. The molecule has 1 atom stereocenters. The highest BCUT2D eigenvalue weighted by Gasteiger charge is 2.22. The van der Waals surface area contributed by atoms with Gasteiger partial charge >= 0.3 is 0 Å². The summed E-state index contributed by atoms with van der Waals surface area (Å²) < 4.78 is 1.20. The highest BCUT2D eigenvalue weighted by atomic mass is 79.9. The van der Waals surface area contributed by atoms with E-state index in [1.807, 2.05) is 0 Å². The summed E-state index contributed by atoms with van der Waals surface area (Å²) in [6, 6.07) is 6.70. The van der Waals surface area contributed by atoms with Gasteiger partial charge in [0.15, 0.2) is 0 Å². The van der Waals surface area contributed by atoms with Crippen LogP contribution >= 0.6 is 15.9 Å². The highest BCUT2D eigenvalue weighted by molar-refractivity contribution is 9.10. The van der Waals surface area contributed by atoms with Crippen molar-refractivity contribution in [3.8, 4) is 0 Å². The zero-order valence-electron chi connectivity index (χ0n) is 11.2. The molecule has 1 fully saturated rings. The first-order valence-electron chi connectivity index (χ1n) is 6.98. The van der Waals surface area contributed by atoms with Gasteiger partial charge in [0.1, 0.15) is 0 Å². The Labute approximate surface area is 119 Å². The van der Waals surface area contributed by atoms with Crippen LogP contribution in [0.4, 0.5) is 5.69 Å². The average molecular weight is 311 g/mol. The van der Waals surface area contributed by atoms with Gasteiger partial charge in [-0.25, -0.2) is 0 Å². The fraction of sp³-hybridized carbons (Fsp3) is 0.600. The van der Waals surface area contributed by atoms with E-state index in [2.05, 4.69) is 46.0 Å². The fourth-order valence-corrected chi connectivity index (χ4v) is 3.37. The van der Waals surface area contributed by atoms with Crippen molar-refractivity contribution < 1.29 is 0 Å². The van der Waals surface area contributed by atoms with Gasteiger partial charge in [0.25, 0.3) is 0 Å². The van der Waals surface area contributed by atoms with Crippen molar-refractivity contribution in [2.45, 2.75) is 32.6 Å². The Kier molecular flexibility index (Phi) is 5.07. The molecule has 0 amide bonds. The van der Waals surface area contributed by atoms with Crippen LogP contribution in [0.5, 0.6) is 0 Å². The molecule has 1 aliphatic heterocycles. The third-order valence-electron chi connectivity index (χ3n) is 3.80. The molecule has 1 saturated heterocycles. The van der Waals surface area contributed by atoms with Gasteiger partial charge in [-0.05, 0) is 49.4 Å². The summed E-state index contributed by atoms with van der Waals surface area (Å²) in [6.07, 6.45) is 4.95. The number of anilines is 1. The Morgan fingerprint density at radius 1 is 1.44 bits per heavy atom. The topological polar surface area (TPSA) is 29.3 Å². The first-order valence-corrected chi connectivity index (χ1v) is 7.77. The quantitative estimate of drug-likeness (QED) is 0.900. The molecule has 1 aliphatic rings. The predicted octanol–water partition coefficient (Wildman–Crippen LogP) is 3.58. The van der Waals surface area contributed by atoms with E-state index < -0.39 is 0 Å². The van der Waals surface area contributed by atoms with Crippen LogP contribution < -0.4 is 10.6 Å². The van der Waals surface area contributed by atoms with Crippen molar-refractivity contribution in [1.82, 2.24) is 0 Å². The van der Waals surface area contributed by atoms with Crippen molar-refractivity contribution in [1.29, 1.82) is 0 Å². The smallest absolute Gasteiger partial charge is 0.0377 e. The second kappa shape index (κ2) is 6.58. The molecule has 1 aromatic carbocycles. The van der Waals surface area contributed by atoms with Crippen LogP contribution in [0.2, 0.25) is 0 Å². The number of rotatable bonds is 5. The monoisotopic (exact) mass is 310 g/mol. The number of hydrogen-bond acceptors (Lipinski definition) is 2. The molecule has 2 N–H and O–H groups in total. The molecule has 18 heavy (non-hydrogen) atoms. The van der Waals surface area contributed by atoms with Gasteiger partial charge < -0.3 is 10.6 Å². The number of nitrogens with zero attached hydrogens (tertiary/aromatic N) is 1. The van der Waals surface area contributed by atoms with Crippen molar-refractivity contribution in [3.63, 3.8) is 0 Å². The predicted molar refractivity (Wildman–Crippen MR) is 82.1 cm³/mol. The minimum Gasteiger partial charge on any atom is -0.371 e. The molecule has 0 aliphatic carbocycles. The molecule has 100 valence electrons. The number of nitrogens with two attached hydrogens (primary N) is 1. The van der Waals surface area contributed by atoms with Crippen molar-refractivity contribution in [2.75, 3.05) is 24.5 Å². The largest absolute Gasteiger partial charge is 0.371 e. The molecule has 0 aromatic heterocycles. The fourth-order valence-electron chi connectivity index (χ4n) is 2.80. The van der Waals surface area contributed by atoms with Gasteiger partial charge in [-0.3, -0.25) is 0 Å². The first-order chi connectivity index (χ1) is 8.74. The van der Waals surface area contributed by atoms with E-state index in [1.54, 1.807) is 0 Å². The van der Waals surface area contributed by atoms with Crippen LogP contribution in [0.25, 0.3) is 0 Å². The van der Waals surface area contributed by atoms with Crippen LogP contribution in [-0.2, 0) is 6.42 Å². The summed E-state index contributed by atoms with van der Waals surface area (Å²) in [5.74, 6) is 0.887. The molecular formula is C15H23BrN2. The van der Waals surface area contributed by atoms with Gasteiger partial charge in [0.05, 0.1) is 0 Å². The summed E-state index contributed by atoms with van der Waals surface area (Å²) in [5, 5.41) is 0. The second-order valence-electron chi connectivity index (χ2n) is 5.20. The van der Waals surface area contributed by atoms with Crippen LogP contribution in [0.3, 0.4) is 0 Å². The highest BCUT2D eigenvalue weighted by Crippen LogP contribution is 2.29. The van der Waals surface area contributed by atoms with Gasteiger partial charge in [0, 0.05) is 23.2 Å². The van der Waals surface area contributed by atoms with Crippen molar-refractivity contribution in [2.24, 2.45) is 11.7 Å². The lowest BCUT2D eigenvalue weighted by molar-refractivity contribution is 0.530. The van der Waals surface area contributed by atoms with E-state index in [4.69, 9.17) is 5.73 Å². The third-order valence-corrected chi connectivity index (χ3v) is 4.54. The summed E-state index contributed by atoms with van der Waals surface area (Å²) >= 11 is 3.66.